The van der Waals surface area contributed by atoms with Crippen LogP contribution >= 0.6 is 0 Å². The summed E-state index contributed by atoms with van der Waals surface area (Å²) in [5.74, 6) is 1.59. The second-order valence-corrected chi connectivity index (χ2v) is 9.91. The fourth-order valence-electron chi connectivity index (χ4n) is 5.43. The molecule has 8 heteroatoms. The van der Waals surface area contributed by atoms with Gasteiger partial charge < -0.3 is 14.8 Å². The van der Waals surface area contributed by atoms with Crippen molar-refractivity contribution in [2.75, 3.05) is 18.4 Å². The third kappa shape index (κ3) is 4.07. The zero-order valence-electron chi connectivity index (χ0n) is 20.6. The number of amides is 1. The summed E-state index contributed by atoms with van der Waals surface area (Å²) in [5.41, 5.74) is 3.35. The molecule has 2 aliphatic heterocycles. The maximum Gasteiger partial charge on any atom is 0.254 e. The van der Waals surface area contributed by atoms with Crippen molar-refractivity contribution in [3.8, 4) is 11.4 Å². The van der Waals surface area contributed by atoms with E-state index in [0.29, 0.717) is 24.1 Å². The van der Waals surface area contributed by atoms with Gasteiger partial charge in [0.05, 0.1) is 17.6 Å². The van der Waals surface area contributed by atoms with Crippen LogP contribution < -0.4 is 5.32 Å². The lowest BCUT2D eigenvalue weighted by molar-refractivity contribution is 0.0583. The molecule has 178 valence electrons. The molecule has 2 atom stereocenters. The third-order valence-corrected chi connectivity index (χ3v) is 7.01. The normalized spacial score (nSPS) is 20.0. The van der Waals surface area contributed by atoms with Gasteiger partial charge in [0.25, 0.3) is 5.91 Å². The van der Waals surface area contributed by atoms with Gasteiger partial charge in [-0.05, 0) is 71.4 Å². The lowest BCUT2D eigenvalue weighted by Crippen LogP contribution is -2.50. The average molecular weight is 460 g/mol. The number of benzene rings is 1. The van der Waals surface area contributed by atoms with Gasteiger partial charge in [0.1, 0.15) is 5.82 Å². The number of aromatic nitrogens is 4. The summed E-state index contributed by atoms with van der Waals surface area (Å²) >= 11 is 0. The van der Waals surface area contributed by atoms with Gasteiger partial charge in [-0.15, -0.1) is 0 Å². The first kappa shape index (κ1) is 22.5. The van der Waals surface area contributed by atoms with E-state index in [0.717, 1.165) is 48.0 Å². The van der Waals surface area contributed by atoms with E-state index in [4.69, 9.17) is 4.98 Å². The summed E-state index contributed by atoms with van der Waals surface area (Å²) in [5, 5.41) is 3.27. The number of fused-ring (bicyclic) bond motifs is 2. The zero-order valence-corrected chi connectivity index (χ0v) is 20.6. The van der Waals surface area contributed by atoms with Crippen molar-refractivity contribution < 1.29 is 4.79 Å². The topological polar surface area (TPSA) is 79.2 Å². The van der Waals surface area contributed by atoms with Crippen LogP contribution in [0.15, 0.2) is 42.7 Å². The number of nitrogens with zero attached hydrogens (tertiary/aromatic N) is 6. The average Bonchev–Trinajstić information content (AvgIpc) is 3.53. The van der Waals surface area contributed by atoms with Gasteiger partial charge in [0, 0.05) is 54.7 Å². The quantitative estimate of drug-likeness (QED) is 0.593. The van der Waals surface area contributed by atoms with E-state index in [9.17, 15) is 4.79 Å². The maximum atomic E-state index is 13.1. The number of aryl methyl sites for hydroxylation is 1. The van der Waals surface area contributed by atoms with E-state index in [1.165, 1.54) is 0 Å². The number of rotatable bonds is 6. The van der Waals surface area contributed by atoms with E-state index in [-0.39, 0.29) is 11.9 Å². The molecule has 1 amide bonds. The molecule has 0 aliphatic carbocycles. The lowest BCUT2D eigenvalue weighted by Gasteiger charge is -2.36. The molecular weight excluding hydrogens is 426 g/mol. The number of hydrogen-bond acceptors (Lipinski definition) is 6. The van der Waals surface area contributed by atoms with Crippen molar-refractivity contribution in [3.05, 3.63) is 54.1 Å². The van der Waals surface area contributed by atoms with Gasteiger partial charge in [0.15, 0.2) is 0 Å². The Kier molecular flexibility index (Phi) is 5.85. The number of piperazine rings is 1. The number of imidazole rings is 1. The molecular formula is C26H33N7O. The number of likely N-dealkylation sites (tertiary alicyclic amines) is 2. The van der Waals surface area contributed by atoms with Crippen LogP contribution in [0.5, 0.6) is 0 Å². The zero-order chi connectivity index (χ0) is 24.0. The van der Waals surface area contributed by atoms with Crippen LogP contribution in [-0.4, -0.2) is 66.4 Å². The van der Waals surface area contributed by atoms with E-state index < -0.39 is 0 Å². The summed E-state index contributed by atoms with van der Waals surface area (Å²) in [6.07, 6.45) is 4.69. The summed E-state index contributed by atoms with van der Waals surface area (Å²) in [4.78, 5) is 31.2. The molecule has 4 heterocycles. The van der Waals surface area contributed by atoms with Crippen LogP contribution in [0.3, 0.4) is 0 Å². The van der Waals surface area contributed by atoms with Gasteiger partial charge in [-0.2, -0.15) is 0 Å². The lowest BCUT2D eigenvalue weighted by atomic mass is 10.1. The molecule has 2 aliphatic rings. The van der Waals surface area contributed by atoms with Crippen LogP contribution in [-0.2, 0) is 0 Å². The molecule has 2 bridgehead atoms. The Labute approximate surface area is 201 Å². The van der Waals surface area contributed by atoms with Gasteiger partial charge in [0.2, 0.25) is 5.95 Å². The molecule has 1 aromatic carbocycles. The number of carbonyl (C=O) groups excluding carboxylic acids is 1. The van der Waals surface area contributed by atoms with Crippen molar-refractivity contribution in [2.45, 2.75) is 65.2 Å². The molecule has 1 N–H and O–H groups in total. The minimum absolute atomic E-state index is 0.123. The van der Waals surface area contributed by atoms with Crippen LogP contribution in [0, 0.1) is 6.92 Å². The highest BCUT2D eigenvalue weighted by Crippen LogP contribution is 2.33. The van der Waals surface area contributed by atoms with E-state index in [2.05, 4.69) is 57.3 Å². The van der Waals surface area contributed by atoms with E-state index >= 15 is 0 Å². The highest BCUT2D eigenvalue weighted by atomic mass is 16.2. The van der Waals surface area contributed by atoms with E-state index in [1.54, 1.807) is 6.20 Å². The monoisotopic (exact) mass is 459 g/mol. The highest BCUT2D eigenvalue weighted by Gasteiger charge is 2.45. The molecule has 2 aromatic heterocycles. The fraction of sp³-hybridized carbons (Fsp3) is 0.462. The summed E-state index contributed by atoms with van der Waals surface area (Å²) < 4.78 is 2.16. The number of hydrogen-bond donors (Lipinski definition) is 1. The SMILES string of the molecule is Cc1ncc(-c2ccnc(Nc3ccc(C(=O)N4C[C@@H]5C[C@H]4CN5C(C)C)cc3)n2)n1C(C)C. The smallest absolute Gasteiger partial charge is 0.254 e. The second-order valence-electron chi connectivity index (χ2n) is 9.91. The molecule has 34 heavy (non-hydrogen) atoms. The molecule has 0 radical (unpaired) electrons. The van der Waals surface area contributed by atoms with Crippen molar-refractivity contribution in [2.24, 2.45) is 0 Å². The molecule has 2 saturated heterocycles. The maximum absolute atomic E-state index is 13.1. The predicted octanol–water partition coefficient (Wildman–Crippen LogP) is 4.28. The Hall–Kier alpha value is -3.26. The Balaban J connectivity index is 1.28. The second kappa shape index (κ2) is 8.83. The number of nitrogens with one attached hydrogen (secondary N) is 1. The third-order valence-electron chi connectivity index (χ3n) is 7.01. The van der Waals surface area contributed by atoms with Gasteiger partial charge in [-0.1, -0.05) is 0 Å². The van der Waals surface area contributed by atoms with Crippen molar-refractivity contribution in [3.63, 3.8) is 0 Å². The predicted molar refractivity (Wildman–Crippen MR) is 133 cm³/mol. The molecule has 0 unspecified atom stereocenters. The summed E-state index contributed by atoms with van der Waals surface area (Å²) in [7, 11) is 0. The Morgan fingerprint density at radius 1 is 1.00 bits per heavy atom. The molecule has 0 saturated carbocycles. The molecule has 3 aromatic rings. The standard InChI is InChI=1S/C26H33N7O/c1-16(2)31-14-22-12-21(31)15-32(22)25(34)19-6-8-20(9-7-19)29-26-27-11-10-23(30-26)24-13-28-18(5)33(24)17(3)4/h6-11,13,16-17,21-22H,12,14-15H2,1-5H3,(H,27,29,30)/t21-,22-/m0/s1. The van der Waals surface area contributed by atoms with Crippen LogP contribution in [0.1, 0.15) is 56.3 Å². The van der Waals surface area contributed by atoms with Crippen LogP contribution in [0.25, 0.3) is 11.4 Å². The van der Waals surface area contributed by atoms with Crippen molar-refractivity contribution in [1.82, 2.24) is 29.3 Å². The Morgan fingerprint density at radius 3 is 2.41 bits per heavy atom. The number of carbonyl (C=O) groups is 1. The first-order valence-corrected chi connectivity index (χ1v) is 12.1. The van der Waals surface area contributed by atoms with Gasteiger partial charge in [-0.3, -0.25) is 9.69 Å². The Morgan fingerprint density at radius 2 is 1.76 bits per heavy atom. The molecule has 8 nitrogen and oxygen atoms in total. The van der Waals surface area contributed by atoms with Crippen LogP contribution in [0.4, 0.5) is 11.6 Å². The van der Waals surface area contributed by atoms with Crippen molar-refractivity contribution >= 4 is 17.5 Å². The molecule has 2 fully saturated rings. The number of anilines is 2. The van der Waals surface area contributed by atoms with Crippen LogP contribution in [0.2, 0.25) is 0 Å². The largest absolute Gasteiger partial charge is 0.333 e. The minimum Gasteiger partial charge on any atom is -0.333 e. The van der Waals surface area contributed by atoms with Gasteiger partial charge in [-0.25, -0.2) is 15.0 Å². The van der Waals surface area contributed by atoms with Crippen molar-refractivity contribution in [1.29, 1.82) is 0 Å². The van der Waals surface area contributed by atoms with E-state index in [1.807, 2.05) is 43.5 Å². The Bertz CT molecular complexity index is 1180. The molecule has 5 rings (SSSR count). The minimum atomic E-state index is 0.123. The van der Waals surface area contributed by atoms with Gasteiger partial charge >= 0.3 is 0 Å². The highest BCUT2D eigenvalue weighted by molar-refractivity contribution is 5.95. The first-order valence-electron chi connectivity index (χ1n) is 12.1. The summed E-state index contributed by atoms with van der Waals surface area (Å²) in [6, 6.07) is 11.1. The fourth-order valence-corrected chi connectivity index (χ4v) is 5.43. The molecule has 0 spiro atoms. The summed E-state index contributed by atoms with van der Waals surface area (Å²) in [6.45, 7) is 12.5. The first-order chi connectivity index (χ1) is 16.3.